The van der Waals surface area contributed by atoms with Crippen LogP contribution in [-0.4, -0.2) is 157 Å². The first-order valence-electron chi connectivity index (χ1n) is 33.4. The number of halogens is 9. The summed E-state index contributed by atoms with van der Waals surface area (Å²) in [7, 11) is 0. The number of rotatable bonds is 19. The second-order valence-corrected chi connectivity index (χ2v) is 29.9. The highest BCUT2D eigenvalue weighted by molar-refractivity contribution is 7.80. The molecular formula is C65H83Cl6F3N20O8S2. The minimum atomic E-state index is -1.20. The Bertz CT molecular complexity index is 3860. The number of primary amides is 3. The summed E-state index contributed by atoms with van der Waals surface area (Å²) in [6.07, 6.45) is 10.5. The molecule has 3 aromatic heterocycles. The molecule has 6 atom stereocenters. The second kappa shape index (κ2) is 38.0. The zero-order valence-corrected chi connectivity index (χ0v) is 63.1. The molecule has 0 radical (unpaired) electrons. The number of nitrogens with two attached hydrogens (primary N) is 4. The minimum Gasteiger partial charge on any atom is -0.394 e. The first kappa shape index (κ1) is 82.6. The standard InChI is InChI=1S/C24H29Cl3FN7O2S.C17H25FN6O4.C17H27FN6O2.C7H2Cl3NS/c1-24(21(29)36)5-2-13(3-6-24)31-20-18(10-30-22(35-20)32-17-4-7-37-11-16(17)28)33-23(38)34-19-14(26)8-12(25)9-15(19)27;1-17(15(19)25)5-2-10(3-6-17)21-14-13(24(26)27)8-20-16(23-14)22-12-4-7-28-9-11(12)18;1-17(15(20)25)5-2-10(3-6-17)22-14-12(19)8-21-16(24-14)23-13-4-7-26-9-11(13)18;8-4-1-5(9)7(11-3-12)6(10)2-4/h8-10,13,16-17H,2-7,11H2,1H3,(H2,29,36)(H2,33,34,38)(H2,30,31,32,35);8,10-12H,2-7,9H2,1H3,(H2,19,25)(H2,20,21,22,23);8,10-11,13H,2-7,9,19H2,1H3,(H2,20,25)(H2,21,22,23,24);1-2H/t13?,16-,17-,24?;10?,11-,12-,17?;10?,11-,13-,17?;/m111./s1. The normalized spacial score (nSPS) is 26.5. The van der Waals surface area contributed by atoms with Crippen LogP contribution in [0.3, 0.4) is 0 Å². The fourth-order valence-electron chi connectivity index (χ4n) is 12.1. The van der Waals surface area contributed by atoms with Crippen LogP contribution < -0.4 is 65.5 Å². The molecule has 2 aromatic carbocycles. The van der Waals surface area contributed by atoms with Gasteiger partial charge in [0.05, 0.1) is 91.9 Å². The van der Waals surface area contributed by atoms with Crippen LogP contribution >= 0.6 is 94.0 Å². The van der Waals surface area contributed by atoms with E-state index in [1.165, 1.54) is 6.20 Å². The van der Waals surface area contributed by atoms with Crippen molar-refractivity contribution in [2.45, 2.75) is 172 Å². The highest BCUT2D eigenvalue weighted by Gasteiger charge is 2.40. The number of hydrogen-bond donors (Lipinski definition) is 12. The number of isothiocyanates is 1. The number of nitrogen functional groups attached to an aromatic ring is 1. The van der Waals surface area contributed by atoms with Gasteiger partial charge in [-0.2, -0.15) is 19.9 Å². The smallest absolute Gasteiger partial charge is 0.329 e. The monoisotopic (exact) mass is 1600 g/mol. The first-order chi connectivity index (χ1) is 49.3. The fourth-order valence-corrected chi connectivity index (χ4v) is 14.3. The van der Waals surface area contributed by atoms with Gasteiger partial charge < -0.3 is 79.7 Å². The van der Waals surface area contributed by atoms with Crippen LogP contribution in [0, 0.1) is 26.4 Å². The summed E-state index contributed by atoms with van der Waals surface area (Å²) in [5, 5.41) is 40.8. The summed E-state index contributed by atoms with van der Waals surface area (Å²) >= 11 is 45.6. The van der Waals surface area contributed by atoms with Gasteiger partial charge in [-0.05, 0) is 145 Å². The number of nitrogens with one attached hydrogen (secondary N) is 8. The van der Waals surface area contributed by atoms with Gasteiger partial charge in [0, 0.05) is 64.2 Å². The van der Waals surface area contributed by atoms with Gasteiger partial charge in [0.15, 0.2) is 16.7 Å². The number of aliphatic imine (C=N–C) groups is 1. The Labute approximate surface area is 639 Å². The van der Waals surface area contributed by atoms with Crippen molar-refractivity contribution in [2.75, 3.05) is 87.9 Å². The molecule has 39 heteroatoms. The summed E-state index contributed by atoms with van der Waals surface area (Å²) in [6, 6.07) is 4.96. The lowest BCUT2D eigenvalue weighted by atomic mass is 9.73. The van der Waals surface area contributed by atoms with Gasteiger partial charge in [0.2, 0.25) is 41.4 Å². The Morgan fingerprint density at radius 3 is 1.30 bits per heavy atom. The van der Waals surface area contributed by atoms with Gasteiger partial charge in [0.25, 0.3) is 0 Å². The number of hydrogen-bond acceptors (Lipinski definition) is 24. The summed E-state index contributed by atoms with van der Waals surface area (Å²) in [5.41, 5.74) is 22.5. The number of anilines is 9. The summed E-state index contributed by atoms with van der Waals surface area (Å²) in [5.74, 6) is 0.942. The van der Waals surface area contributed by atoms with Gasteiger partial charge in [-0.25, -0.2) is 28.1 Å². The van der Waals surface area contributed by atoms with Crippen LogP contribution in [0.15, 0.2) is 47.8 Å². The van der Waals surface area contributed by atoms with E-state index in [-0.39, 0.29) is 90.2 Å². The molecule has 3 saturated heterocycles. The Morgan fingerprint density at radius 2 is 0.913 bits per heavy atom. The number of carbonyl (C=O) groups is 3. The third-order valence-electron chi connectivity index (χ3n) is 19.1. The van der Waals surface area contributed by atoms with Crippen LogP contribution in [0.1, 0.15) is 117 Å². The molecule has 0 bridgehead atoms. The van der Waals surface area contributed by atoms with E-state index < -0.39 is 51.8 Å². The van der Waals surface area contributed by atoms with E-state index in [1.54, 1.807) is 30.5 Å². The van der Waals surface area contributed by atoms with Crippen molar-refractivity contribution < 1.29 is 46.7 Å². The third kappa shape index (κ3) is 23.2. The molecule has 0 spiro atoms. The quantitative estimate of drug-likeness (QED) is 0.0158. The van der Waals surface area contributed by atoms with E-state index in [2.05, 4.69) is 94.8 Å². The van der Waals surface area contributed by atoms with Crippen molar-refractivity contribution in [3.63, 3.8) is 0 Å². The Kier molecular flexibility index (Phi) is 30.2. The second-order valence-electron chi connectivity index (χ2n) is 26.8. The number of carbonyl (C=O) groups excluding carboxylic acids is 3. The first-order valence-corrected chi connectivity index (χ1v) is 36.5. The SMILES string of the molecule is CC1(C(N)=O)CCC(Nc2nc(N[C@@H]3CCOC[C@H]3F)ncc2N)CC1.CC1(C(N)=O)CCC(Nc2nc(N[C@@H]3CCOC[C@H]3F)ncc2NC(=S)Nc2c(Cl)cc(Cl)cc2Cl)CC1.CC1(C(N)=O)CCC(Nc2nc(N[C@@H]3CCOC[C@H]3F)ncc2[N+](=O)[O-])CC1.S=C=Nc1c(Cl)cc(Cl)cc1Cl. The van der Waals surface area contributed by atoms with Crippen LogP contribution in [0.25, 0.3) is 0 Å². The number of thiocarbonyl (C=S) groups is 2. The largest absolute Gasteiger partial charge is 0.394 e. The lowest BCUT2D eigenvalue weighted by Gasteiger charge is -2.35. The maximum atomic E-state index is 14.3. The molecule has 6 aliphatic rings. The lowest BCUT2D eigenvalue weighted by molar-refractivity contribution is -0.384. The van der Waals surface area contributed by atoms with Crippen molar-refractivity contribution in [2.24, 2.45) is 38.4 Å². The minimum absolute atomic E-state index is 0.00351. The van der Waals surface area contributed by atoms with Crippen LogP contribution in [0.4, 0.5) is 76.9 Å². The molecular weight excluding hydrogens is 1520 g/mol. The number of amides is 3. The molecule has 6 heterocycles. The Balaban J connectivity index is 0.000000186. The molecule has 28 nitrogen and oxygen atoms in total. The van der Waals surface area contributed by atoms with Crippen molar-refractivity contribution in [3.8, 4) is 0 Å². The summed E-state index contributed by atoms with van der Waals surface area (Å²) < 4.78 is 57.5. The Hall–Kier alpha value is -7.01. The molecule has 0 unspecified atom stereocenters. The van der Waals surface area contributed by atoms with Gasteiger partial charge >= 0.3 is 5.69 Å². The number of alkyl halides is 3. The van der Waals surface area contributed by atoms with E-state index >= 15 is 0 Å². The fraction of sp³-hybridized carbons (Fsp3) is 0.554. The number of nitrogens with zero attached hydrogens (tertiary/aromatic N) is 8. The summed E-state index contributed by atoms with van der Waals surface area (Å²) in [6.45, 7) is 7.14. The van der Waals surface area contributed by atoms with Crippen LogP contribution in [0.5, 0.6) is 0 Å². The predicted molar refractivity (Wildman–Crippen MR) is 407 cm³/mol. The van der Waals surface area contributed by atoms with Crippen molar-refractivity contribution in [3.05, 3.63) is 83.1 Å². The van der Waals surface area contributed by atoms with E-state index in [9.17, 15) is 37.7 Å². The predicted octanol–water partition coefficient (Wildman–Crippen LogP) is 13.2. The molecule has 3 aliphatic carbocycles. The zero-order valence-electron chi connectivity index (χ0n) is 57.0. The van der Waals surface area contributed by atoms with E-state index in [4.69, 9.17) is 119 Å². The number of ether oxygens (including phenoxy) is 3. The van der Waals surface area contributed by atoms with Crippen molar-refractivity contribution in [1.82, 2.24) is 29.9 Å². The van der Waals surface area contributed by atoms with Crippen LogP contribution in [0.2, 0.25) is 30.1 Å². The van der Waals surface area contributed by atoms with E-state index in [1.807, 2.05) is 20.8 Å². The van der Waals surface area contributed by atoms with Gasteiger partial charge in [-0.3, -0.25) is 24.5 Å². The molecule has 3 saturated carbocycles. The molecule has 3 amide bonds. The number of nitro groups is 1. The average Bonchev–Trinajstić information content (AvgIpc) is 0.821. The van der Waals surface area contributed by atoms with E-state index in [0.29, 0.717) is 148 Å². The van der Waals surface area contributed by atoms with Crippen molar-refractivity contribution >= 4 is 186 Å². The zero-order chi connectivity index (χ0) is 75.6. The third-order valence-corrected chi connectivity index (χ3v) is 21.0. The van der Waals surface area contributed by atoms with E-state index in [0.717, 1.165) is 44.7 Å². The molecule has 5 aromatic rings. The Morgan fingerprint density at radius 1 is 0.558 bits per heavy atom. The van der Waals surface area contributed by atoms with Gasteiger partial charge in [-0.1, -0.05) is 90.4 Å². The molecule has 11 rings (SSSR count). The van der Waals surface area contributed by atoms with Gasteiger partial charge in [-0.15, -0.1) is 0 Å². The average molecular weight is 1610 g/mol. The molecule has 566 valence electrons. The topological polar surface area (TPSA) is 412 Å². The van der Waals surface area contributed by atoms with Gasteiger partial charge in [0.1, 0.15) is 36.1 Å². The highest BCUT2D eigenvalue weighted by atomic mass is 35.5. The summed E-state index contributed by atoms with van der Waals surface area (Å²) in [4.78, 5) is 75.2. The van der Waals surface area contributed by atoms with Crippen molar-refractivity contribution in [1.29, 1.82) is 0 Å². The maximum absolute atomic E-state index is 14.3. The molecule has 104 heavy (non-hydrogen) atoms. The number of benzene rings is 2. The lowest BCUT2D eigenvalue weighted by Crippen LogP contribution is -2.41. The number of aromatic nitrogens is 6. The molecule has 16 N–H and O–H groups in total. The molecule has 6 fully saturated rings. The molecule has 3 aliphatic heterocycles. The highest BCUT2D eigenvalue weighted by Crippen LogP contribution is 2.42. The van der Waals surface area contributed by atoms with Crippen LogP contribution in [-0.2, 0) is 28.6 Å². The maximum Gasteiger partial charge on any atom is 0.329 e.